The van der Waals surface area contributed by atoms with Crippen molar-refractivity contribution in [3.8, 4) is 5.69 Å². The zero-order valence-corrected chi connectivity index (χ0v) is 22.4. The maximum atomic E-state index is 14.4. The number of aryl methyl sites for hydroxylation is 1. The molecule has 2 aliphatic heterocycles. The van der Waals surface area contributed by atoms with Crippen molar-refractivity contribution in [3.05, 3.63) is 82.1 Å². The van der Waals surface area contributed by atoms with Crippen LogP contribution in [0.4, 0.5) is 13.2 Å². The van der Waals surface area contributed by atoms with Crippen molar-refractivity contribution < 1.29 is 22.0 Å². The Labute approximate surface area is 234 Å². The molecule has 0 amide bonds. The monoisotopic (exact) mass is 557 g/mol. The first-order valence-electron chi connectivity index (χ1n) is 14.9. The number of imidazole rings is 1. The van der Waals surface area contributed by atoms with Gasteiger partial charge in [0.1, 0.15) is 12.2 Å². The van der Waals surface area contributed by atoms with Crippen LogP contribution in [-0.4, -0.2) is 54.9 Å². The number of pyridine rings is 1. The van der Waals surface area contributed by atoms with Crippen molar-refractivity contribution in [1.29, 1.82) is 0 Å². The number of benzene rings is 1. The molecule has 1 aromatic carbocycles. The molecule has 4 aromatic rings. The largest absolute Gasteiger partial charge is 0.418 e. The molecular formula is C29H33F3N6O2. The Morgan fingerprint density at radius 2 is 2.08 bits per heavy atom. The van der Waals surface area contributed by atoms with Gasteiger partial charge in [0.25, 0.3) is 0 Å². The highest BCUT2D eigenvalue weighted by Gasteiger charge is 2.42. The molecule has 3 aromatic heterocycles. The number of hydrogen-bond donors (Lipinski definition) is 0. The Morgan fingerprint density at radius 1 is 1.25 bits per heavy atom. The molecule has 0 N–H and O–H groups in total. The number of alkyl halides is 3. The molecule has 2 fully saturated rings. The maximum absolute atomic E-state index is 14.4. The van der Waals surface area contributed by atoms with Gasteiger partial charge in [0.05, 0.1) is 30.0 Å². The molecule has 2 aliphatic rings. The fraction of sp³-hybridized carbons (Fsp3) is 0.483. The molecule has 5 heterocycles. The van der Waals surface area contributed by atoms with Crippen LogP contribution < -0.4 is 5.69 Å². The molecule has 8 nitrogen and oxygen atoms in total. The molecule has 0 radical (unpaired) electrons. The number of fused-ring (bicyclic) bond motifs is 1. The summed E-state index contributed by atoms with van der Waals surface area (Å²) >= 11 is 0. The number of halogens is 3. The zero-order valence-electron chi connectivity index (χ0n) is 25.4. The van der Waals surface area contributed by atoms with E-state index in [2.05, 4.69) is 22.0 Å². The minimum absolute atomic E-state index is 0.218. The van der Waals surface area contributed by atoms with E-state index in [1.54, 1.807) is 18.2 Å². The summed E-state index contributed by atoms with van der Waals surface area (Å²) < 4.78 is 75.3. The number of ether oxygens (including phenoxy) is 1. The summed E-state index contributed by atoms with van der Waals surface area (Å²) in [6.07, 6.45) is 1.55. The van der Waals surface area contributed by atoms with Gasteiger partial charge in [0, 0.05) is 47.9 Å². The summed E-state index contributed by atoms with van der Waals surface area (Å²) in [5, 5.41) is 7.80. The fourth-order valence-electron chi connectivity index (χ4n) is 6.03. The number of rotatable bonds is 6. The molecule has 6 rings (SSSR count). The van der Waals surface area contributed by atoms with Gasteiger partial charge >= 0.3 is 11.9 Å². The lowest BCUT2D eigenvalue weighted by molar-refractivity contribution is -0.136. The number of aromatic nitrogens is 5. The summed E-state index contributed by atoms with van der Waals surface area (Å²) in [5.41, 5.74) is -0.753. The molecule has 2 atom stereocenters. The van der Waals surface area contributed by atoms with Crippen LogP contribution in [0.15, 0.2) is 53.8 Å². The Balaban J connectivity index is 1.40. The van der Waals surface area contributed by atoms with Gasteiger partial charge in [-0.05, 0) is 61.6 Å². The summed E-state index contributed by atoms with van der Waals surface area (Å²) in [6.45, 7) is 3.72. The van der Waals surface area contributed by atoms with Crippen LogP contribution in [0.5, 0.6) is 0 Å². The minimum atomic E-state index is -4.66. The van der Waals surface area contributed by atoms with Gasteiger partial charge in [-0.2, -0.15) is 13.2 Å². The van der Waals surface area contributed by atoms with E-state index in [1.165, 1.54) is 23.0 Å². The van der Waals surface area contributed by atoms with E-state index < -0.39 is 29.8 Å². The van der Waals surface area contributed by atoms with E-state index in [-0.39, 0.29) is 37.0 Å². The van der Waals surface area contributed by atoms with Crippen molar-refractivity contribution in [2.45, 2.75) is 50.7 Å². The van der Waals surface area contributed by atoms with Gasteiger partial charge in [-0.3, -0.25) is 13.9 Å². The second kappa shape index (κ2) is 9.88. The Morgan fingerprint density at radius 3 is 2.77 bits per heavy atom. The quantitative estimate of drug-likeness (QED) is 0.348. The second-order valence-corrected chi connectivity index (χ2v) is 11.3. The highest BCUT2D eigenvalue weighted by Crippen LogP contribution is 2.38. The highest BCUT2D eigenvalue weighted by atomic mass is 19.4. The molecule has 0 unspecified atom stereocenters. The third-order valence-corrected chi connectivity index (χ3v) is 8.42. The van der Waals surface area contributed by atoms with E-state index in [0.29, 0.717) is 17.2 Å². The first-order valence-corrected chi connectivity index (χ1v) is 13.4. The molecule has 212 valence electrons. The van der Waals surface area contributed by atoms with Crippen LogP contribution in [0.3, 0.4) is 0 Å². The average Bonchev–Trinajstić information content (AvgIpc) is 3.54. The Kier molecular flexibility index (Phi) is 5.75. The highest BCUT2D eigenvalue weighted by molar-refractivity contribution is 5.58. The van der Waals surface area contributed by atoms with Gasteiger partial charge in [-0.1, -0.05) is 19.1 Å². The standard InChI is InChI=1S/C29H33F3N6O2/c1-19-6-5-9-36(13-19)20(2)21-10-24(29(30,31)32)25-15-37(27(39)38(25)14-21)23-8-4-7-22(11-23)28(16-40-17-28)12-26-34-33-18-35(26)3/h4,7-8,10-11,14-15,18-20H,5-6,9,12-13,16-17H2,1-3H3/t19-,20+/m0/s1/i3D3. The van der Waals surface area contributed by atoms with Crippen molar-refractivity contribution in [2.24, 2.45) is 12.9 Å². The van der Waals surface area contributed by atoms with E-state index in [4.69, 9.17) is 8.85 Å². The van der Waals surface area contributed by atoms with Crippen molar-refractivity contribution in [1.82, 2.24) is 28.6 Å². The molecule has 2 saturated heterocycles. The molecular weight excluding hydrogens is 521 g/mol. The molecule has 11 heteroatoms. The Bertz CT molecular complexity index is 1710. The van der Waals surface area contributed by atoms with E-state index in [0.717, 1.165) is 46.8 Å². The lowest BCUT2D eigenvalue weighted by atomic mass is 9.75. The minimum Gasteiger partial charge on any atom is -0.379 e. The van der Waals surface area contributed by atoms with Crippen molar-refractivity contribution in [3.63, 3.8) is 0 Å². The Hall–Kier alpha value is -3.44. The fourth-order valence-corrected chi connectivity index (χ4v) is 6.03. The van der Waals surface area contributed by atoms with E-state index in [1.807, 2.05) is 13.0 Å². The first-order chi connectivity index (χ1) is 20.3. The third-order valence-electron chi connectivity index (χ3n) is 8.42. The predicted octanol–water partition coefficient (Wildman–Crippen LogP) is 4.54. The zero-order chi connectivity index (χ0) is 30.7. The third kappa shape index (κ3) is 4.64. The maximum Gasteiger partial charge on any atom is 0.418 e. The van der Waals surface area contributed by atoms with Crippen LogP contribution in [-0.2, 0) is 29.7 Å². The number of likely N-dealkylation sites (tertiary alicyclic amines) is 1. The number of nitrogens with zero attached hydrogens (tertiary/aromatic N) is 6. The van der Waals surface area contributed by atoms with Crippen LogP contribution in [0, 0.1) is 5.92 Å². The predicted molar refractivity (Wildman–Crippen MR) is 144 cm³/mol. The van der Waals surface area contributed by atoms with E-state index in [9.17, 15) is 18.0 Å². The van der Waals surface area contributed by atoms with E-state index >= 15 is 0 Å². The second-order valence-electron chi connectivity index (χ2n) is 11.3. The van der Waals surface area contributed by atoms with Crippen LogP contribution >= 0.6 is 0 Å². The van der Waals surface area contributed by atoms with Gasteiger partial charge in [0.15, 0.2) is 0 Å². The summed E-state index contributed by atoms with van der Waals surface area (Å²) in [5.74, 6) is 0.715. The van der Waals surface area contributed by atoms with Gasteiger partial charge in [-0.15, -0.1) is 10.2 Å². The summed E-state index contributed by atoms with van der Waals surface area (Å²) in [6, 6.07) is 7.84. The molecule has 0 aliphatic carbocycles. The lowest BCUT2D eigenvalue weighted by Gasteiger charge is -2.41. The lowest BCUT2D eigenvalue weighted by Crippen LogP contribution is -2.49. The molecule has 0 bridgehead atoms. The SMILES string of the molecule is [2H]C([2H])([2H])n1cnnc1CC1(c2cccc(-n3cc4c(C(F)(F)F)cc([C@@H](C)N5CCC[C@H](C)C5)cn4c3=O)c2)COC1. The van der Waals surface area contributed by atoms with Crippen LogP contribution in [0.25, 0.3) is 11.2 Å². The molecule has 0 spiro atoms. The summed E-state index contributed by atoms with van der Waals surface area (Å²) in [4.78, 5) is 15.9. The topological polar surface area (TPSA) is 69.6 Å². The van der Waals surface area contributed by atoms with Crippen LogP contribution in [0.1, 0.15) is 59.4 Å². The molecule has 0 saturated carbocycles. The first kappa shape index (κ1) is 23.3. The molecule has 40 heavy (non-hydrogen) atoms. The van der Waals surface area contributed by atoms with Gasteiger partial charge in [-0.25, -0.2) is 4.79 Å². The van der Waals surface area contributed by atoms with Gasteiger partial charge in [0.2, 0.25) is 0 Å². The van der Waals surface area contributed by atoms with Crippen molar-refractivity contribution >= 4 is 5.52 Å². The number of piperidine rings is 1. The normalized spacial score (nSPS) is 21.9. The smallest absolute Gasteiger partial charge is 0.379 e. The van der Waals surface area contributed by atoms with Gasteiger partial charge < -0.3 is 9.30 Å². The van der Waals surface area contributed by atoms with Crippen LogP contribution in [0.2, 0.25) is 0 Å². The summed E-state index contributed by atoms with van der Waals surface area (Å²) in [7, 11) is 0. The number of hydrogen-bond acceptors (Lipinski definition) is 5. The average molecular weight is 558 g/mol. The van der Waals surface area contributed by atoms with Crippen molar-refractivity contribution in [2.75, 3.05) is 26.3 Å².